The van der Waals surface area contributed by atoms with Crippen molar-refractivity contribution in [2.24, 2.45) is 0 Å². The molecule has 0 spiro atoms. The minimum absolute atomic E-state index is 0.0957. The highest BCUT2D eigenvalue weighted by atomic mass is 19.1. The first-order chi connectivity index (χ1) is 13.7. The summed E-state index contributed by atoms with van der Waals surface area (Å²) in [6.45, 7) is 9.46. The van der Waals surface area contributed by atoms with Gasteiger partial charge >= 0.3 is 6.09 Å². The highest BCUT2D eigenvalue weighted by molar-refractivity contribution is 5.76. The minimum Gasteiger partial charge on any atom is -0.496 e. The van der Waals surface area contributed by atoms with Gasteiger partial charge in [0, 0.05) is 13.0 Å². The number of nitrogens with one attached hydrogen (secondary N) is 2. The summed E-state index contributed by atoms with van der Waals surface area (Å²) in [4.78, 5) is 27.1. The van der Waals surface area contributed by atoms with Crippen molar-refractivity contribution in [3.63, 3.8) is 0 Å². The molecule has 0 atom stereocenters. The quantitative estimate of drug-likeness (QED) is 0.666. The van der Waals surface area contributed by atoms with E-state index in [0.717, 1.165) is 18.7 Å². The van der Waals surface area contributed by atoms with E-state index < -0.39 is 11.7 Å². The lowest BCUT2D eigenvalue weighted by molar-refractivity contribution is -0.917. The summed E-state index contributed by atoms with van der Waals surface area (Å²) < 4.78 is 24.0. The number of piperazine rings is 1. The van der Waals surface area contributed by atoms with Crippen molar-refractivity contribution >= 4 is 12.0 Å². The van der Waals surface area contributed by atoms with Gasteiger partial charge < -0.3 is 24.6 Å². The number of halogens is 1. The number of amides is 2. The average molecular weight is 411 g/mol. The van der Waals surface area contributed by atoms with E-state index in [-0.39, 0.29) is 11.7 Å². The van der Waals surface area contributed by atoms with Gasteiger partial charge in [-0.15, -0.1) is 0 Å². The van der Waals surface area contributed by atoms with Crippen molar-refractivity contribution in [1.82, 2.24) is 10.2 Å². The molecule has 1 aliphatic rings. The molecule has 0 saturated carbocycles. The molecule has 0 aliphatic carbocycles. The molecule has 0 radical (unpaired) electrons. The van der Waals surface area contributed by atoms with Crippen molar-refractivity contribution in [1.29, 1.82) is 0 Å². The third-order valence-corrected chi connectivity index (χ3v) is 4.74. The van der Waals surface area contributed by atoms with Crippen molar-refractivity contribution < 1.29 is 28.4 Å². The molecule has 8 heteroatoms. The number of hydrogen-bond acceptors (Lipinski definition) is 4. The summed E-state index contributed by atoms with van der Waals surface area (Å²) in [5.74, 6) is 0.516. The second-order valence-electron chi connectivity index (χ2n) is 8.30. The van der Waals surface area contributed by atoms with E-state index in [4.69, 9.17) is 9.47 Å². The Labute approximate surface area is 172 Å². The number of carbonyl (C=O) groups is 2. The zero-order valence-corrected chi connectivity index (χ0v) is 17.8. The Morgan fingerprint density at radius 1 is 1.24 bits per heavy atom. The standard InChI is InChI=1S/C21H32FN3O4/c1-21(2,3)29-20(27)23-9-5-6-19(26)25-12-10-24(11-13-25)15-16-14-17(22)7-8-18(16)28-4/h7-8,14H,5-6,9-13,15H2,1-4H3,(H,23,27)/p+1. The summed E-state index contributed by atoms with van der Waals surface area (Å²) in [6.07, 6.45) is 0.504. The van der Waals surface area contributed by atoms with Crippen LogP contribution in [0.3, 0.4) is 0 Å². The third-order valence-electron chi connectivity index (χ3n) is 4.74. The van der Waals surface area contributed by atoms with Crippen molar-refractivity contribution in [3.05, 3.63) is 29.6 Å². The number of methoxy groups -OCH3 is 1. The molecule has 29 heavy (non-hydrogen) atoms. The van der Waals surface area contributed by atoms with E-state index in [0.29, 0.717) is 44.8 Å². The molecule has 0 bridgehead atoms. The van der Waals surface area contributed by atoms with Gasteiger partial charge in [-0.2, -0.15) is 0 Å². The summed E-state index contributed by atoms with van der Waals surface area (Å²) in [7, 11) is 1.58. The van der Waals surface area contributed by atoms with E-state index in [9.17, 15) is 14.0 Å². The number of hydrogen-bond donors (Lipinski definition) is 2. The molecule has 0 aromatic heterocycles. The van der Waals surface area contributed by atoms with Gasteiger partial charge in [-0.1, -0.05) is 0 Å². The van der Waals surface area contributed by atoms with E-state index in [1.165, 1.54) is 17.0 Å². The van der Waals surface area contributed by atoms with Crippen LogP contribution < -0.4 is 15.0 Å². The fraction of sp³-hybridized carbons (Fsp3) is 0.619. The van der Waals surface area contributed by atoms with Gasteiger partial charge in [0.2, 0.25) is 5.91 Å². The van der Waals surface area contributed by atoms with Crippen molar-refractivity contribution in [2.45, 2.75) is 45.8 Å². The van der Waals surface area contributed by atoms with Crippen LogP contribution in [0.1, 0.15) is 39.2 Å². The summed E-state index contributed by atoms with van der Waals surface area (Å²) >= 11 is 0. The van der Waals surface area contributed by atoms with E-state index >= 15 is 0 Å². The average Bonchev–Trinajstić information content (AvgIpc) is 2.64. The molecule has 1 aromatic rings. The number of carbonyl (C=O) groups excluding carboxylic acids is 2. The van der Waals surface area contributed by atoms with Crippen LogP contribution in [0, 0.1) is 5.82 Å². The maximum atomic E-state index is 13.5. The lowest BCUT2D eigenvalue weighted by atomic mass is 10.1. The van der Waals surface area contributed by atoms with Crippen molar-refractivity contribution in [3.8, 4) is 5.75 Å². The van der Waals surface area contributed by atoms with Gasteiger partial charge in [0.25, 0.3) is 0 Å². The van der Waals surface area contributed by atoms with Crippen LogP contribution >= 0.6 is 0 Å². The number of alkyl carbamates (subject to hydrolysis) is 1. The second kappa shape index (κ2) is 10.4. The molecule has 2 rings (SSSR count). The van der Waals surface area contributed by atoms with Gasteiger partial charge in [0.1, 0.15) is 23.7 Å². The number of benzene rings is 1. The topological polar surface area (TPSA) is 72.3 Å². The zero-order valence-electron chi connectivity index (χ0n) is 17.8. The predicted molar refractivity (Wildman–Crippen MR) is 107 cm³/mol. The maximum absolute atomic E-state index is 13.5. The van der Waals surface area contributed by atoms with Crippen LogP contribution in [0.2, 0.25) is 0 Å². The summed E-state index contributed by atoms with van der Waals surface area (Å²) in [5, 5.41) is 2.67. The number of ether oxygens (including phenoxy) is 2. The van der Waals surface area contributed by atoms with Crippen LogP contribution in [0.5, 0.6) is 5.75 Å². The SMILES string of the molecule is COc1ccc(F)cc1C[NH+]1CCN(C(=O)CCCNC(=O)OC(C)(C)C)CC1. The normalized spacial score (nSPS) is 15.1. The van der Waals surface area contributed by atoms with Gasteiger partial charge in [-0.3, -0.25) is 4.79 Å². The summed E-state index contributed by atoms with van der Waals surface area (Å²) in [5.41, 5.74) is 0.313. The lowest BCUT2D eigenvalue weighted by Gasteiger charge is -2.32. The van der Waals surface area contributed by atoms with Crippen LogP contribution in [0.4, 0.5) is 9.18 Å². The van der Waals surface area contributed by atoms with Gasteiger partial charge in [-0.25, -0.2) is 9.18 Å². The predicted octanol–water partition coefficient (Wildman–Crippen LogP) is 1.37. The highest BCUT2D eigenvalue weighted by Crippen LogP contribution is 2.18. The Morgan fingerprint density at radius 3 is 2.55 bits per heavy atom. The molecular weight excluding hydrogens is 377 g/mol. The third kappa shape index (κ3) is 7.89. The smallest absolute Gasteiger partial charge is 0.407 e. The van der Waals surface area contributed by atoms with Crippen LogP contribution in [0.25, 0.3) is 0 Å². The number of quaternary nitrogens is 1. The zero-order chi connectivity index (χ0) is 21.4. The molecule has 1 aliphatic heterocycles. The first-order valence-electron chi connectivity index (χ1n) is 10.1. The maximum Gasteiger partial charge on any atom is 0.407 e. The molecule has 162 valence electrons. The monoisotopic (exact) mass is 410 g/mol. The van der Waals surface area contributed by atoms with Crippen LogP contribution in [-0.2, 0) is 16.1 Å². The van der Waals surface area contributed by atoms with E-state index in [2.05, 4.69) is 5.32 Å². The van der Waals surface area contributed by atoms with Crippen molar-refractivity contribution in [2.75, 3.05) is 39.8 Å². The Bertz CT molecular complexity index is 698. The number of rotatable bonds is 7. The molecule has 7 nitrogen and oxygen atoms in total. The molecule has 1 aromatic carbocycles. The lowest BCUT2D eigenvalue weighted by Crippen LogP contribution is -3.13. The van der Waals surface area contributed by atoms with E-state index in [1.807, 2.05) is 25.7 Å². The van der Waals surface area contributed by atoms with E-state index in [1.54, 1.807) is 13.2 Å². The van der Waals surface area contributed by atoms with Crippen LogP contribution in [-0.4, -0.2) is 62.3 Å². The molecule has 2 N–H and O–H groups in total. The first-order valence-corrected chi connectivity index (χ1v) is 10.1. The number of nitrogens with zero attached hydrogens (tertiary/aromatic N) is 1. The van der Waals surface area contributed by atoms with Gasteiger partial charge in [-0.05, 0) is 45.4 Å². The fourth-order valence-electron chi connectivity index (χ4n) is 3.31. The van der Waals surface area contributed by atoms with Crippen LogP contribution in [0.15, 0.2) is 18.2 Å². The minimum atomic E-state index is -0.530. The van der Waals surface area contributed by atoms with Gasteiger partial charge in [0.05, 0.1) is 38.9 Å². The molecule has 0 unspecified atom stereocenters. The Hall–Kier alpha value is -2.35. The second-order valence-corrected chi connectivity index (χ2v) is 8.30. The molecule has 1 heterocycles. The Kier molecular flexibility index (Phi) is 8.25. The Balaban J connectivity index is 1.69. The largest absolute Gasteiger partial charge is 0.496 e. The molecule has 1 fully saturated rings. The molecule has 2 amide bonds. The molecule has 1 saturated heterocycles. The summed E-state index contributed by atoms with van der Waals surface area (Å²) in [6, 6.07) is 4.56. The first kappa shape index (κ1) is 22.9. The highest BCUT2D eigenvalue weighted by Gasteiger charge is 2.24. The van der Waals surface area contributed by atoms with Gasteiger partial charge in [0.15, 0.2) is 0 Å². The molecular formula is C21H33FN3O4+. The fourth-order valence-corrected chi connectivity index (χ4v) is 3.31. The Morgan fingerprint density at radius 2 is 1.93 bits per heavy atom.